The summed E-state index contributed by atoms with van der Waals surface area (Å²) in [5.41, 5.74) is -1.87. The number of carboxylic acids is 1. The number of allylic oxidation sites excluding steroid dienone is 2. The predicted octanol–water partition coefficient (Wildman–Crippen LogP) is 0.637. The third-order valence-electron chi connectivity index (χ3n) is 2.03. The Morgan fingerprint density at radius 3 is 2.80 bits per heavy atom. The zero-order chi connectivity index (χ0) is 11.5. The average molecular weight is 212 g/mol. The second kappa shape index (κ2) is 4.22. The Bertz CT molecular complexity index is 335. The van der Waals surface area contributed by atoms with Crippen molar-refractivity contribution in [2.75, 3.05) is 6.61 Å². The molecule has 0 heterocycles. The van der Waals surface area contributed by atoms with Crippen LogP contribution in [0.3, 0.4) is 0 Å². The molecule has 0 spiro atoms. The van der Waals surface area contributed by atoms with Gasteiger partial charge in [-0.2, -0.15) is 0 Å². The highest BCUT2D eigenvalue weighted by molar-refractivity contribution is 5.68. The number of nitro groups is 1. The van der Waals surface area contributed by atoms with Crippen molar-refractivity contribution in [3.05, 3.63) is 41.3 Å². The standard InChI is InChI=1S/C9H10NO5/c1-7-4-2-3-5-9(7,10(13)14)15-6-8(11)12/h2-5,7H,1,6H2,(H,11,12). The van der Waals surface area contributed by atoms with Gasteiger partial charge in [-0.3, -0.25) is 14.9 Å². The Morgan fingerprint density at radius 2 is 2.33 bits per heavy atom. The van der Waals surface area contributed by atoms with Crippen LogP contribution in [-0.4, -0.2) is 28.3 Å². The van der Waals surface area contributed by atoms with Crippen molar-refractivity contribution in [1.82, 2.24) is 0 Å². The summed E-state index contributed by atoms with van der Waals surface area (Å²) in [4.78, 5) is 20.5. The first-order valence-electron chi connectivity index (χ1n) is 4.18. The van der Waals surface area contributed by atoms with Gasteiger partial charge < -0.3 is 5.11 Å². The fourth-order valence-corrected chi connectivity index (χ4v) is 1.23. The van der Waals surface area contributed by atoms with E-state index in [2.05, 4.69) is 6.92 Å². The molecule has 0 saturated carbocycles. The monoisotopic (exact) mass is 212 g/mol. The first-order valence-corrected chi connectivity index (χ1v) is 4.18. The molecule has 0 aromatic carbocycles. The Kier molecular flexibility index (Phi) is 3.21. The van der Waals surface area contributed by atoms with Crippen molar-refractivity contribution in [3.8, 4) is 0 Å². The Morgan fingerprint density at radius 1 is 1.67 bits per heavy atom. The van der Waals surface area contributed by atoms with Gasteiger partial charge in [0.05, 0.1) is 10.8 Å². The lowest BCUT2D eigenvalue weighted by Crippen LogP contribution is -2.46. The smallest absolute Gasteiger partial charge is 0.351 e. The number of hydrogen-bond donors (Lipinski definition) is 1. The van der Waals surface area contributed by atoms with Gasteiger partial charge in [-0.05, 0) is 6.92 Å². The van der Waals surface area contributed by atoms with E-state index < -0.39 is 29.1 Å². The van der Waals surface area contributed by atoms with Crippen LogP contribution in [0.5, 0.6) is 0 Å². The predicted molar refractivity (Wildman–Crippen MR) is 50.4 cm³/mol. The summed E-state index contributed by atoms with van der Waals surface area (Å²) >= 11 is 0. The van der Waals surface area contributed by atoms with Crippen LogP contribution in [0.15, 0.2) is 24.3 Å². The molecule has 1 aliphatic rings. The van der Waals surface area contributed by atoms with E-state index in [1.807, 2.05) is 0 Å². The molecule has 1 aliphatic carbocycles. The number of carboxylic acid groups (broad SMARTS) is 1. The summed E-state index contributed by atoms with van der Waals surface area (Å²) in [6.45, 7) is 2.82. The molecule has 0 aliphatic heterocycles. The van der Waals surface area contributed by atoms with E-state index in [4.69, 9.17) is 9.84 Å². The minimum absolute atomic E-state index is 0.673. The zero-order valence-electron chi connectivity index (χ0n) is 7.83. The molecule has 0 saturated heterocycles. The van der Waals surface area contributed by atoms with E-state index in [0.717, 1.165) is 0 Å². The maximum atomic E-state index is 10.9. The maximum absolute atomic E-state index is 10.9. The summed E-state index contributed by atoms with van der Waals surface area (Å²) in [7, 11) is 0. The molecule has 0 bridgehead atoms. The molecule has 1 N–H and O–H groups in total. The lowest BCUT2D eigenvalue weighted by Gasteiger charge is -2.26. The van der Waals surface area contributed by atoms with Gasteiger partial charge >= 0.3 is 11.7 Å². The SMILES string of the molecule is [CH2]C1C=CC=CC1(OCC(=O)O)[N+](=O)[O-]. The zero-order valence-corrected chi connectivity index (χ0v) is 7.83. The van der Waals surface area contributed by atoms with Crippen LogP contribution in [0, 0.1) is 23.0 Å². The summed E-state index contributed by atoms with van der Waals surface area (Å²) < 4.78 is 4.81. The van der Waals surface area contributed by atoms with Crippen molar-refractivity contribution < 1.29 is 19.6 Å². The van der Waals surface area contributed by atoms with Crippen LogP contribution < -0.4 is 0 Å². The average Bonchev–Trinajstić information content (AvgIpc) is 2.16. The van der Waals surface area contributed by atoms with E-state index in [9.17, 15) is 14.9 Å². The first-order chi connectivity index (χ1) is 6.99. The van der Waals surface area contributed by atoms with E-state index in [1.165, 1.54) is 18.2 Å². The first kappa shape index (κ1) is 11.4. The highest BCUT2D eigenvalue weighted by Crippen LogP contribution is 2.28. The highest BCUT2D eigenvalue weighted by atomic mass is 16.7. The van der Waals surface area contributed by atoms with E-state index in [0.29, 0.717) is 0 Å². The number of rotatable bonds is 4. The van der Waals surface area contributed by atoms with Crippen LogP contribution in [0.25, 0.3) is 0 Å². The molecule has 0 amide bonds. The van der Waals surface area contributed by atoms with Crippen molar-refractivity contribution in [3.63, 3.8) is 0 Å². The van der Waals surface area contributed by atoms with Crippen molar-refractivity contribution in [1.29, 1.82) is 0 Å². The molecule has 81 valence electrons. The third kappa shape index (κ3) is 2.21. The normalized spacial score (nSPS) is 29.0. The Hall–Kier alpha value is -1.69. The topological polar surface area (TPSA) is 89.7 Å². The number of carbonyl (C=O) groups is 1. The summed E-state index contributed by atoms with van der Waals surface area (Å²) in [6.07, 6.45) is 5.73. The van der Waals surface area contributed by atoms with Gasteiger partial charge in [0, 0.05) is 6.08 Å². The Labute approximate surface area is 86.0 Å². The molecular weight excluding hydrogens is 202 g/mol. The number of aliphatic carboxylic acids is 1. The van der Waals surface area contributed by atoms with Crippen LogP contribution in [0.1, 0.15) is 0 Å². The van der Waals surface area contributed by atoms with Gasteiger partial charge in [0.2, 0.25) is 0 Å². The quantitative estimate of drug-likeness (QED) is 0.419. The van der Waals surface area contributed by atoms with Crippen molar-refractivity contribution >= 4 is 5.97 Å². The molecular formula is C9H10NO5. The van der Waals surface area contributed by atoms with E-state index in [1.54, 1.807) is 6.08 Å². The maximum Gasteiger partial charge on any atom is 0.351 e. The molecule has 6 nitrogen and oxygen atoms in total. The molecule has 0 aromatic heterocycles. The van der Waals surface area contributed by atoms with Crippen LogP contribution >= 0.6 is 0 Å². The van der Waals surface area contributed by atoms with Gasteiger partial charge in [-0.25, -0.2) is 4.79 Å². The molecule has 2 unspecified atom stereocenters. The molecule has 2 atom stereocenters. The van der Waals surface area contributed by atoms with E-state index in [-0.39, 0.29) is 0 Å². The van der Waals surface area contributed by atoms with Gasteiger partial charge in [0.1, 0.15) is 0 Å². The summed E-state index contributed by atoms with van der Waals surface area (Å²) in [6, 6.07) is 0. The third-order valence-corrected chi connectivity index (χ3v) is 2.03. The van der Waals surface area contributed by atoms with E-state index >= 15 is 0 Å². The second-order valence-electron chi connectivity index (χ2n) is 3.04. The molecule has 1 rings (SSSR count). The van der Waals surface area contributed by atoms with Crippen LogP contribution in [0.2, 0.25) is 0 Å². The van der Waals surface area contributed by atoms with Crippen LogP contribution in [-0.2, 0) is 9.53 Å². The summed E-state index contributed by atoms with van der Waals surface area (Å²) in [5.74, 6) is -2.01. The molecule has 1 radical (unpaired) electrons. The van der Waals surface area contributed by atoms with Crippen LogP contribution in [0.4, 0.5) is 0 Å². The van der Waals surface area contributed by atoms with Gasteiger partial charge in [-0.1, -0.05) is 18.2 Å². The number of hydrogen-bond acceptors (Lipinski definition) is 4. The lowest BCUT2D eigenvalue weighted by molar-refractivity contribution is -0.619. The molecule has 15 heavy (non-hydrogen) atoms. The minimum atomic E-state index is -1.87. The second-order valence-corrected chi connectivity index (χ2v) is 3.04. The largest absolute Gasteiger partial charge is 0.480 e. The Balaban J connectivity index is 2.88. The molecule has 0 fully saturated rings. The van der Waals surface area contributed by atoms with Gasteiger partial charge in [0.15, 0.2) is 6.61 Å². The fraction of sp³-hybridized carbons (Fsp3) is 0.333. The minimum Gasteiger partial charge on any atom is -0.480 e. The fourth-order valence-electron chi connectivity index (χ4n) is 1.23. The molecule has 0 aromatic rings. The number of ether oxygens (including phenoxy) is 1. The van der Waals surface area contributed by atoms with Crippen molar-refractivity contribution in [2.24, 2.45) is 5.92 Å². The summed E-state index contributed by atoms with van der Waals surface area (Å²) in [5, 5.41) is 19.3. The van der Waals surface area contributed by atoms with Gasteiger partial charge in [-0.15, -0.1) is 0 Å². The highest BCUT2D eigenvalue weighted by Gasteiger charge is 2.47. The molecule has 6 heteroatoms. The lowest BCUT2D eigenvalue weighted by atomic mass is 9.93. The number of nitrogens with zero attached hydrogens (tertiary/aromatic N) is 1. The van der Waals surface area contributed by atoms with Gasteiger partial charge in [0.25, 0.3) is 0 Å². The van der Waals surface area contributed by atoms with Crippen molar-refractivity contribution in [2.45, 2.75) is 5.72 Å².